The topological polar surface area (TPSA) is 55.1 Å². The molecule has 0 saturated heterocycles. The summed E-state index contributed by atoms with van der Waals surface area (Å²) >= 11 is 0. The van der Waals surface area contributed by atoms with Gasteiger partial charge in [0.1, 0.15) is 0 Å². The molecule has 1 heterocycles. The summed E-state index contributed by atoms with van der Waals surface area (Å²) < 4.78 is 1.86. The van der Waals surface area contributed by atoms with E-state index in [1.54, 1.807) is 6.33 Å². The van der Waals surface area contributed by atoms with Gasteiger partial charge < -0.3 is 9.67 Å². The highest BCUT2D eigenvalue weighted by atomic mass is 16.4. The maximum atomic E-state index is 11.0. The minimum Gasteiger partial charge on any atom is -0.476 e. The van der Waals surface area contributed by atoms with Crippen LogP contribution >= 0.6 is 0 Å². The summed E-state index contributed by atoms with van der Waals surface area (Å²) in [5.41, 5.74) is 1.15. The van der Waals surface area contributed by atoms with Crippen molar-refractivity contribution < 1.29 is 9.90 Å². The fourth-order valence-electron chi connectivity index (χ4n) is 2.46. The van der Waals surface area contributed by atoms with E-state index in [1.165, 1.54) is 19.3 Å². The van der Waals surface area contributed by atoms with E-state index in [2.05, 4.69) is 4.98 Å². The summed E-state index contributed by atoms with van der Waals surface area (Å²) in [4.78, 5) is 15.0. The monoisotopic (exact) mass is 208 g/mol. The number of carbonyl (C=O) groups is 1. The van der Waals surface area contributed by atoms with Crippen molar-refractivity contribution in [3.8, 4) is 0 Å². The molecule has 15 heavy (non-hydrogen) atoms. The summed E-state index contributed by atoms with van der Waals surface area (Å²) in [6.07, 6.45) is 7.48. The molecule has 0 unspecified atom stereocenters. The average Bonchev–Trinajstić information content (AvgIpc) is 2.61. The van der Waals surface area contributed by atoms with Crippen LogP contribution in [0.5, 0.6) is 0 Å². The lowest BCUT2D eigenvalue weighted by atomic mass is 9.86. The summed E-state index contributed by atoms with van der Waals surface area (Å²) in [5, 5.41) is 9.03. The molecule has 82 valence electrons. The van der Waals surface area contributed by atoms with Crippen LogP contribution in [0.2, 0.25) is 0 Å². The van der Waals surface area contributed by atoms with Crippen LogP contribution in [0.4, 0.5) is 0 Å². The molecule has 0 bridgehead atoms. The van der Waals surface area contributed by atoms with Gasteiger partial charge in [-0.15, -0.1) is 0 Å². The number of nitrogens with zero attached hydrogens (tertiary/aromatic N) is 2. The average molecular weight is 208 g/mol. The van der Waals surface area contributed by atoms with Gasteiger partial charge in [-0.3, -0.25) is 0 Å². The number of aromatic nitrogens is 2. The van der Waals surface area contributed by atoms with Crippen LogP contribution in [0.1, 0.15) is 54.2 Å². The van der Waals surface area contributed by atoms with Gasteiger partial charge in [0.15, 0.2) is 5.69 Å². The molecule has 1 saturated carbocycles. The number of aromatic carboxylic acids is 1. The molecule has 0 aromatic carbocycles. The molecule has 1 N–H and O–H groups in total. The Morgan fingerprint density at radius 1 is 1.47 bits per heavy atom. The van der Waals surface area contributed by atoms with Crippen LogP contribution < -0.4 is 0 Å². The quantitative estimate of drug-likeness (QED) is 0.810. The fourth-order valence-corrected chi connectivity index (χ4v) is 2.46. The van der Waals surface area contributed by atoms with Crippen molar-refractivity contribution in [2.45, 2.75) is 38.0 Å². The first kappa shape index (κ1) is 10.2. The van der Waals surface area contributed by atoms with E-state index in [0.717, 1.165) is 18.5 Å². The Morgan fingerprint density at radius 3 is 2.73 bits per heavy atom. The molecule has 1 aromatic heterocycles. The van der Waals surface area contributed by atoms with Gasteiger partial charge in [-0.2, -0.15) is 0 Å². The predicted molar refractivity (Wildman–Crippen MR) is 56.0 cm³/mol. The smallest absolute Gasteiger partial charge is 0.356 e. The Hall–Kier alpha value is -1.32. The van der Waals surface area contributed by atoms with Gasteiger partial charge in [0.2, 0.25) is 0 Å². The van der Waals surface area contributed by atoms with Crippen molar-refractivity contribution in [1.82, 2.24) is 9.55 Å². The highest BCUT2D eigenvalue weighted by Gasteiger charge is 2.25. The largest absolute Gasteiger partial charge is 0.476 e. The van der Waals surface area contributed by atoms with Crippen LogP contribution in [-0.2, 0) is 7.05 Å². The summed E-state index contributed by atoms with van der Waals surface area (Å²) in [6, 6.07) is 0. The first-order chi connectivity index (χ1) is 7.20. The molecule has 0 amide bonds. The second kappa shape index (κ2) is 4.04. The van der Waals surface area contributed by atoms with Gasteiger partial charge in [0, 0.05) is 13.0 Å². The van der Waals surface area contributed by atoms with Crippen LogP contribution in [0.3, 0.4) is 0 Å². The zero-order chi connectivity index (χ0) is 10.8. The Bertz CT molecular complexity index is 365. The van der Waals surface area contributed by atoms with Crippen LogP contribution in [0, 0.1) is 0 Å². The van der Waals surface area contributed by atoms with Crippen molar-refractivity contribution >= 4 is 5.97 Å². The minimum atomic E-state index is -0.906. The Balaban J connectivity index is 2.32. The van der Waals surface area contributed by atoms with E-state index in [9.17, 15) is 4.79 Å². The maximum Gasteiger partial charge on any atom is 0.356 e. The number of imidazole rings is 1. The lowest BCUT2D eigenvalue weighted by molar-refractivity contribution is 0.0688. The summed E-state index contributed by atoms with van der Waals surface area (Å²) in [7, 11) is 1.88. The Labute approximate surface area is 88.9 Å². The van der Waals surface area contributed by atoms with E-state index >= 15 is 0 Å². The van der Waals surface area contributed by atoms with Crippen molar-refractivity contribution in [3.63, 3.8) is 0 Å². The highest BCUT2D eigenvalue weighted by Crippen LogP contribution is 2.33. The zero-order valence-corrected chi connectivity index (χ0v) is 8.94. The molecule has 4 nitrogen and oxygen atoms in total. The predicted octanol–water partition coefficient (Wildman–Crippen LogP) is 2.17. The molecule has 1 aliphatic carbocycles. The first-order valence-electron chi connectivity index (χ1n) is 5.44. The molecule has 1 aromatic rings. The van der Waals surface area contributed by atoms with Gasteiger partial charge in [0.05, 0.1) is 12.0 Å². The molecule has 4 heteroatoms. The van der Waals surface area contributed by atoms with E-state index in [1.807, 2.05) is 11.6 Å². The van der Waals surface area contributed by atoms with E-state index < -0.39 is 5.97 Å². The second-order valence-corrected chi connectivity index (χ2v) is 4.23. The summed E-state index contributed by atoms with van der Waals surface area (Å²) in [6.45, 7) is 0. The highest BCUT2D eigenvalue weighted by molar-refractivity contribution is 5.86. The van der Waals surface area contributed by atoms with Crippen molar-refractivity contribution in [2.24, 2.45) is 7.05 Å². The van der Waals surface area contributed by atoms with Gasteiger partial charge in [-0.25, -0.2) is 9.78 Å². The number of hydrogen-bond acceptors (Lipinski definition) is 2. The SMILES string of the molecule is Cn1cnc(C(=O)O)c1C1CCCCC1. The number of carboxylic acids is 1. The normalized spacial score (nSPS) is 17.9. The molecule has 2 rings (SSSR count). The third kappa shape index (κ3) is 1.89. The first-order valence-corrected chi connectivity index (χ1v) is 5.44. The van der Waals surface area contributed by atoms with Crippen LogP contribution in [0.15, 0.2) is 6.33 Å². The molecule has 1 fully saturated rings. The molecule has 0 atom stereocenters. The molecule has 0 aliphatic heterocycles. The Kier molecular flexibility index (Phi) is 2.75. The van der Waals surface area contributed by atoms with Gasteiger partial charge in [-0.05, 0) is 12.8 Å². The van der Waals surface area contributed by atoms with Crippen molar-refractivity contribution in [2.75, 3.05) is 0 Å². The molecule has 1 aliphatic rings. The van der Waals surface area contributed by atoms with Gasteiger partial charge in [-0.1, -0.05) is 19.3 Å². The third-order valence-corrected chi connectivity index (χ3v) is 3.18. The van der Waals surface area contributed by atoms with Crippen molar-refractivity contribution in [1.29, 1.82) is 0 Å². The van der Waals surface area contributed by atoms with Gasteiger partial charge in [0.25, 0.3) is 0 Å². The molecular formula is C11H16N2O2. The number of carboxylic acid groups (broad SMARTS) is 1. The molecule has 0 spiro atoms. The van der Waals surface area contributed by atoms with E-state index in [0.29, 0.717) is 5.92 Å². The minimum absolute atomic E-state index is 0.240. The second-order valence-electron chi connectivity index (χ2n) is 4.23. The number of hydrogen-bond donors (Lipinski definition) is 1. The zero-order valence-electron chi connectivity index (χ0n) is 8.94. The lowest BCUT2D eigenvalue weighted by Crippen LogP contribution is -2.13. The lowest BCUT2D eigenvalue weighted by Gasteiger charge is -2.22. The molecule has 0 radical (unpaired) electrons. The number of rotatable bonds is 2. The fraction of sp³-hybridized carbons (Fsp3) is 0.636. The summed E-state index contributed by atoms with van der Waals surface area (Å²) in [5.74, 6) is -0.520. The van der Waals surface area contributed by atoms with E-state index in [4.69, 9.17) is 5.11 Å². The van der Waals surface area contributed by atoms with Crippen LogP contribution in [0.25, 0.3) is 0 Å². The Morgan fingerprint density at radius 2 is 2.13 bits per heavy atom. The maximum absolute atomic E-state index is 11.0. The van der Waals surface area contributed by atoms with Gasteiger partial charge >= 0.3 is 5.97 Å². The number of aryl methyl sites for hydroxylation is 1. The standard InChI is InChI=1S/C11H16N2O2/c1-13-7-12-9(11(14)15)10(13)8-5-3-2-4-6-8/h7-8H,2-6H2,1H3,(H,14,15). The van der Waals surface area contributed by atoms with E-state index in [-0.39, 0.29) is 5.69 Å². The third-order valence-electron chi connectivity index (χ3n) is 3.18. The molecular weight excluding hydrogens is 192 g/mol. The van der Waals surface area contributed by atoms with Crippen LogP contribution in [-0.4, -0.2) is 20.6 Å². The van der Waals surface area contributed by atoms with Crippen molar-refractivity contribution in [3.05, 3.63) is 17.7 Å².